The second kappa shape index (κ2) is 10.1. The molecule has 8 heteroatoms. The summed E-state index contributed by atoms with van der Waals surface area (Å²) in [7, 11) is 1.69. The number of anilines is 1. The van der Waals surface area contributed by atoms with Crippen molar-refractivity contribution in [2.24, 2.45) is 5.92 Å². The van der Waals surface area contributed by atoms with Crippen LogP contribution in [0.25, 0.3) is 0 Å². The zero-order valence-electron chi connectivity index (χ0n) is 19.5. The molecule has 178 valence electrons. The smallest absolute Gasteiger partial charge is 0.255 e. The quantitative estimate of drug-likeness (QED) is 0.655. The highest BCUT2D eigenvalue weighted by molar-refractivity contribution is 5.77. The van der Waals surface area contributed by atoms with E-state index in [9.17, 15) is 14.7 Å². The number of likely N-dealkylation sites (tertiary alicyclic amines) is 1. The van der Waals surface area contributed by atoms with E-state index in [4.69, 9.17) is 4.74 Å². The largest absolute Gasteiger partial charge is 0.388 e. The van der Waals surface area contributed by atoms with Gasteiger partial charge in [-0.2, -0.15) is 0 Å². The predicted molar refractivity (Wildman–Crippen MR) is 126 cm³/mol. The van der Waals surface area contributed by atoms with Crippen LogP contribution in [0.15, 0.2) is 47.5 Å². The van der Waals surface area contributed by atoms with Crippen LogP contribution in [-0.4, -0.2) is 71.0 Å². The third-order valence-corrected chi connectivity index (χ3v) is 6.91. The molecule has 3 heterocycles. The van der Waals surface area contributed by atoms with E-state index >= 15 is 0 Å². The average molecular weight is 455 g/mol. The summed E-state index contributed by atoms with van der Waals surface area (Å²) < 4.78 is 6.64. The van der Waals surface area contributed by atoms with Gasteiger partial charge in [0.05, 0.1) is 25.1 Å². The van der Waals surface area contributed by atoms with Crippen molar-refractivity contribution in [3.63, 3.8) is 0 Å². The zero-order chi connectivity index (χ0) is 23.4. The molecule has 1 unspecified atom stereocenters. The Bertz CT molecular complexity index is 995. The number of benzene rings is 1. The van der Waals surface area contributed by atoms with E-state index in [1.807, 2.05) is 35.2 Å². The summed E-state index contributed by atoms with van der Waals surface area (Å²) in [5.41, 5.74) is -0.0317. The van der Waals surface area contributed by atoms with Gasteiger partial charge in [-0.25, -0.2) is 4.98 Å². The number of nitrogens with zero attached hydrogens (tertiary/aromatic N) is 4. The Morgan fingerprint density at radius 2 is 1.94 bits per heavy atom. The molecule has 1 aromatic heterocycles. The van der Waals surface area contributed by atoms with Crippen molar-refractivity contribution in [1.82, 2.24) is 14.5 Å². The van der Waals surface area contributed by atoms with Crippen LogP contribution in [0.3, 0.4) is 0 Å². The van der Waals surface area contributed by atoms with E-state index in [1.54, 1.807) is 7.11 Å². The summed E-state index contributed by atoms with van der Waals surface area (Å²) >= 11 is 0. The maximum absolute atomic E-state index is 12.8. The molecular formula is C25H34N4O4. The number of hydrogen-bond acceptors (Lipinski definition) is 6. The fourth-order valence-corrected chi connectivity index (χ4v) is 4.74. The molecule has 0 radical (unpaired) electrons. The lowest BCUT2D eigenvalue weighted by molar-refractivity contribution is -0.136. The SMILES string of the molecule is COCC1CN(c2cc(=O)n(CC3(O)CCN(C(=O)CC(C)c4ccccc4)CC3)cn2)C1. The van der Waals surface area contributed by atoms with Gasteiger partial charge in [0.2, 0.25) is 5.91 Å². The Morgan fingerprint density at radius 1 is 1.24 bits per heavy atom. The van der Waals surface area contributed by atoms with Crippen molar-refractivity contribution in [2.75, 3.05) is 44.8 Å². The van der Waals surface area contributed by atoms with E-state index in [2.05, 4.69) is 16.8 Å². The van der Waals surface area contributed by atoms with Crippen LogP contribution in [0, 0.1) is 5.92 Å². The Morgan fingerprint density at radius 3 is 2.58 bits per heavy atom. The van der Waals surface area contributed by atoms with Gasteiger partial charge in [0.1, 0.15) is 5.82 Å². The maximum Gasteiger partial charge on any atom is 0.255 e. The fraction of sp³-hybridized carbons (Fsp3) is 0.560. The van der Waals surface area contributed by atoms with Crippen molar-refractivity contribution in [3.05, 3.63) is 58.6 Å². The molecule has 2 fully saturated rings. The maximum atomic E-state index is 12.8. The van der Waals surface area contributed by atoms with Gasteiger partial charge >= 0.3 is 0 Å². The Kier molecular flexibility index (Phi) is 7.14. The molecule has 2 aliphatic heterocycles. The van der Waals surface area contributed by atoms with Crippen LogP contribution in [0.4, 0.5) is 5.82 Å². The molecule has 1 N–H and O–H groups in total. The normalized spacial score (nSPS) is 19.2. The highest BCUT2D eigenvalue weighted by Crippen LogP contribution is 2.27. The van der Waals surface area contributed by atoms with Crippen molar-refractivity contribution in [1.29, 1.82) is 0 Å². The average Bonchev–Trinajstić information content (AvgIpc) is 2.78. The minimum Gasteiger partial charge on any atom is -0.388 e. The first-order chi connectivity index (χ1) is 15.9. The third-order valence-electron chi connectivity index (χ3n) is 6.91. The predicted octanol–water partition coefficient (Wildman–Crippen LogP) is 1.87. The van der Waals surface area contributed by atoms with E-state index in [0.717, 1.165) is 18.7 Å². The molecule has 33 heavy (non-hydrogen) atoms. The summed E-state index contributed by atoms with van der Waals surface area (Å²) in [4.78, 5) is 33.7. The van der Waals surface area contributed by atoms with Crippen LogP contribution in [-0.2, 0) is 16.1 Å². The number of ether oxygens (including phenoxy) is 1. The van der Waals surface area contributed by atoms with Crippen LogP contribution in [0.5, 0.6) is 0 Å². The molecule has 8 nitrogen and oxygen atoms in total. The van der Waals surface area contributed by atoms with Gasteiger partial charge in [0, 0.05) is 51.7 Å². The van der Waals surface area contributed by atoms with Gasteiger partial charge < -0.3 is 19.6 Å². The van der Waals surface area contributed by atoms with E-state index in [0.29, 0.717) is 50.7 Å². The van der Waals surface area contributed by atoms with Crippen LogP contribution in [0.1, 0.15) is 37.7 Å². The lowest BCUT2D eigenvalue weighted by Gasteiger charge is -2.40. The fourth-order valence-electron chi connectivity index (χ4n) is 4.74. The number of piperidine rings is 1. The number of aliphatic hydroxyl groups is 1. The Hall–Kier alpha value is -2.71. The molecular weight excluding hydrogens is 420 g/mol. The topological polar surface area (TPSA) is 87.9 Å². The summed E-state index contributed by atoms with van der Waals surface area (Å²) in [6, 6.07) is 11.6. The molecule has 4 rings (SSSR count). The number of methoxy groups -OCH3 is 1. The number of amides is 1. The molecule has 1 aromatic carbocycles. The van der Waals surface area contributed by atoms with Crippen LogP contribution in [0.2, 0.25) is 0 Å². The minimum atomic E-state index is -1.02. The van der Waals surface area contributed by atoms with Crippen LogP contribution >= 0.6 is 0 Å². The molecule has 1 atom stereocenters. The second-order valence-corrected chi connectivity index (χ2v) is 9.56. The third kappa shape index (κ3) is 5.62. The van der Waals surface area contributed by atoms with Gasteiger partial charge in [0.15, 0.2) is 0 Å². The monoisotopic (exact) mass is 454 g/mol. The minimum absolute atomic E-state index is 0.109. The molecule has 0 saturated carbocycles. The first-order valence-electron chi connectivity index (χ1n) is 11.7. The molecule has 0 bridgehead atoms. The first kappa shape index (κ1) is 23.4. The van der Waals surface area contributed by atoms with Crippen molar-refractivity contribution in [2.45, 2.75) is 44.2 Å². The number of carbonyl (C=O) groups excluding carboxylic acids is 1. The Balaban J connectivity index is 1.29. The molecule has 2 aliphatic rings. The van der Waals surface area contributed by atoms with Crippen molar-refractivity contribution >= 4 is 11.7 Å². The lowest BCUT2D eigenvalue weighted by Crippen LogP contribution is -2.50. The summed E-state index contributed by atoms with van der Waals surface area (Å²) in [5.74, 6) is 1.41. The summed E-state index contributed by atoms with van der Waals surface area (Å²) in [5, 5.41) is 11.1. The molecule has 0 aliphatic carbocycles. The highest BCUT2D eigenvalue weighted by Gasteiger charge is 2.35. The van der Waals surface area contributed by atoms with E-state index in [1.165, 1.54) is 17.0 Å². The van der Waals surface area contributed by atoms with Gasteiger partial charge in [0.25, 0.3) is 5.56 Å². The lowest BCUT2D eigenvalue weighted by atomic mass is 9.90. The Labute approximate surface area is 194 Å². The molecule has 2 aromatic rings. The number of aromatic nitrogens is 2. The standard InChI is InChI=1S/C25H34N4O4/c1-19(21-6-4-3-5-7-21)12-23(30)27-10-8-25(32,9-11-27)17-29-18-26-22(13-24(29)31)28-14-20(15-28)16-33-2/h3-7,13,18-20,32H,8-12,14-17H2,1-2H3. The van der Waals surface area contributed by atoms with Crippen molar-refractivity contribution in [3.8, 4) is 0 Å². The second-order valence-electron chi connectivity index (χ2n) is 9.56. The van der Waals surface area contributed by atoms with Crippen molar-refractivity contribution < 1.29 is 14.6 Å². The summed E-state index contributed by atoms with van der Waals surface area (Å²) in [6.45, 7) is 5.62. The summed E-state index contributed by atoms with van der Waals surface area (Å²) in [6.07, 6.45) is 2.86. The van der Waals surface area contributed by atoms with Gasteiger partial charge in [-0.05, 0) is 24.3 Å². The van der Waals surface area contributed by atoms with E-state index in [-0.39, 0.29) is 23.9 Å². The number of rotatable bonds is 8. The van der Waals surface area contributed by atoms with E-state index < -0.39 is 5.60 Å². The highest BCUT2D eigenvalue weighted by atomic mass is 16.5. The number of carbonyl (C=O) groups is 1. The van der Waals surface area contributed by atoms with Gasteiger partial charge in [-0.1, -0.05) is 37.3 Å². The zero-order valence-corrected chi connectivity index (χ0v) is 19.5. The number of hydrogen-bond donors (Lipinski definition) is 1. The first-order valence-corrected chi connectivity index (χ1v) is 11.7. The van der Waals surface area contributed by atoms with Crippen LogP contribution < -0.4 is 10.5 Å². The molecule has 1 amide bonds. The van der Waals surface area contributed by atoms with Gasteiger partial charge in [-0.15, -0.1) is 0 Å². The molecule has 0 spiro atoms. The molecule has 2 saturated heterocycles. The van der Waals surface area contributed by atoms with Gasteiger partial charge in [-0.3, -0.25) is 14.2 Å².